The Bertz CT molecular complexity index is 886. The van der Waals surface area contributed by atoms with Crippen LogP contribution >= 0.6 is 11.3 Å². The van der Waals surface area contributed by atoms with Gasteiger partial charge in [-0.15, -0.1) is 11.3 Å². The van der Waals surface area contributed by atoms with Gasteiger partial charge in [0.1, 0.15) is 0 Å². The van der Waals surface area contributed by atoms with Gasteiger partial charge in [-0.3, -0.25) is 0 Å². The molecule has 24 heavy (non-hydrogen) atoms. The first-order valence-electron chi connectivity index (χ1n) is 7.70. The molecule has 0 saturated heterocycles. The number of aromatic nitrogens is 1. The topological polar surface area (TPSA) is 54.0 Å². The van der Waals surface area contributed by atoms with Crippen LogP contribution in [0.25, 0.3) is 11.3 Å². The van der Waals surface area contributed by atoms with Crippen LogP contribution in [0.1, 0.15) is 16.1 Å². The first-order valence-corrected chi connectivity index (χ1v) is 8.58. The third-order valence-corrected chi connectivity index (χ3v) is 4.70. The highest BCUT2D eigenvalue weighted by molar-refractivity contribution is 7.09. The van der Waals surface area contributed by atoms with Crippen molar-refractivity contribution in [3.05, 3.63) is 64.0 Å². The molecular weight excluding hydrogens is 318 g/mol. The lowest BCUT2D eigenvalue weighted by atomic mass is 10.1. The van der Waals surface area contributed by atoms with Gasteiger partial charge < -0.3 is 10.6 Å². The number of carbonyl (C=O) groups excluding carboxylic acids is 1. The molecule has 0 fully saturated rings. The van der Waals surface area contributed by atoms with Gasteiger partial charge in [0.2, 0.25) is 0 Å². The maximum atomic E-state index is 12.4. The van der Waals surface area contributed by atoms with E-state index in [9.17, 15) is 4.79 Å². The summed E-state index contributed by atoms with van der Waals surface area (Å²) in [6.07, 6.45) is 0. The van der Waals surface area contributed by atoms with Gasteiger partial charge >= 0.3 is 6.03 Å². The second-order valence-corrected chi connectivity index (χ2v) is 6.69. The van der Waals surface area contributed by atoms with E-state index in [-0.39, 0.29) is 6.03 Å². The summed E-state index contributed by atoms with van der Waals surface area (Å²) >= 11 is 1.59. The van der Waals surface area contributed by atoms with Crippen molar-refractivity contribution in [2.75, 3.05) is 10.6 Å². The third-order valence-electron chi connectivity index (χ3n) is 3.92. The molecule has 2 N–H and O–H groups in total. The minimum atomic E-state index is -0.261. The van der Waals surface area contributed by atoms with Crippen molar-refractivity contribution in [1.82, 2.24) is 4.98 Å². The quantitative estimate of drug-likeness (QED) is 0.674. The second-order valence-electron chi connectivity index (χ2n) is 5.62. The van der Waals surface area contributed by atoms with Gasteiger partial charge in [0, 0.05) is 16.6 Å². The Morgan fingerprint density at radius 1 is 0.958 bits per heavy atom. The zero-order valence-corrected chi connectivity index (χ0v) is 14.7. The van der Waals surface area contributed by atoms with Gasteiger partial charge in [-0.05, 0) is 44.0 Å². The third kappa shape index (κ3) is 3.46. The molecule has 4 nitrogen and oxygen atoms in total. The molecule has 0 bridgehead atoms. The monoisotopic (exact) mass is 337 g/mol. The minimum absolute atomic E-state index is 0.261. The molecule has 0 spiro atoms. The van der Waals surface area contributed by atoms with Gasteiger partial charge in [-0.1, -0.05) is 30.3 Å². The van der Waals surface area contributed by atoms with E-state index in [2.05, 4.69) is 15.6 Å². The maximum absolute atomic E-state index is 12.4. The summed E-state index contributed by atoms with van der Waals surface area (Å²) in [5.74, 6) is 0. The van der Waals surface area contributed by atoms with Crippen LogP contribution in [0, 0.1) is 20.8 Å². The Kier molecular flexibility index (Phi) is 4.62. The number of hydrogen-bond donors (Lipinski definition) is 2. The summed E-state index contributed by atoms with van der Waals surface area (Å²) < 4.78 is 0. The van der Waals surface area contributed by atoms with Crippen LogP contribution in [0.15, 0.2) is 47.8 Å². The van der Waals surface area contributed by atoms with Crippen molar-refractivity contribution < 1.29 is 4.79 Å². The molecular formula is C19H19N3OS. The SMILES string of the molecule is Cc1nc(-c2ccccc2NC(=O)Nc2cccc(C)c2C)cs1. The number of nitrogens with one attached hydrogen (secondary N) is 2. The molecule has 0 aliphatic rings. The molecule has 2 aromatic carbocycles. The molecule has 122 valence electrons. The Morgan fingerprint density at radius 3 is 2.42 bits per heavy atom. The molecule has 1 aromatic heterocycles. The summed E-state index contributed by atoms with van der Waals surface area (Å²) in [5.41, 5.74) is 5.56. The van der Waals surface area contributed by atoms with Crippen LogP contribution in [0.2, 0.25) is 0 Å². The van der Waals surface area contributed by atoms with E-state index in [4.69, 9.17) is 0 Å². The van der Waals surface area contributed by atoms with Crippen LogP contribution < -0.4 is 10.6 Å². The van der Waals surface area contributed by atoms with E-state index in [1.807, 2.05) is 68.6 Å². The fraction of sp³-hybridized carbons (Fsp3) is 0.158. The lowest BCUT2D eigenvalue weighted by molar-refractivity contribution is 0.262. The van der Waals surface area contributed by atoms with Gasteiger partial charge in [0.15, 0.2) is 0 Å². The number of amides is 2. The summed E-state index contributed by atoms with van der Waals surface area (Å²) in [4.78, 5) is 16.9. The highest BCUT2D eigenvalue weighted by atomic mass is 32.1. The molecule has 3 aromatic rings. The molecule has 5 heteroatoms. The van der Waals surface area contributed by atoms with Crippen molar-refractivity contribution in [1.29, 1.82) is 0 Å². The Morgan fingerprint density at radius 2 is 1.67 bits per heavy atom. The maximum Gasteiger partial charge on any atom is 0.323 e. The molecule has 0 radical (unpaired) electrons. The van der Waals surface area contributed by atoms with Crippen molar-refractivity contribution in [2.24, 2.45) is 0 Å². The van der Waals surface area contributed by atoms with Crippen molar-refractivity contribution in [3.63, 3.8) is 0 Å². The van der Waals surface area contributed by atoms with Crippen LogP contribution in [0.4, 0.5) is 16.2 Å². The lowest BCUT2D eigenvalue weighted by Gasteiger charge is -2.13. The number of rotatable bonds is 3. The number of anilines is 2. The average molecular weight is 337 g/mol. The van der Waals surface area contributed by atoms with E-state index in [1.54, 1.807) is 11.3 Å². The van der Waals surface area contributed by atoms with E-state index < -0.39 is 0 Å². The fourth-order valence-electron chi connectivity index (χ4n) is 2.46. The number of hydrogen-bond acceptors (Lipinski definition) is 3. The Hall–Kier alpha value is -2.66. The van der Waals surface area contributed by atoms with E-state index in [0.29, 0.717) is 0 Å². The molecule has 2 amide bonds. The highest BCUT2D eigenvalue weighted by Crippen LogP contribution is 2.29. The molecule has 0 unspecified atom stereocenters. The summed E-state index contributed by atoms with van der Waals surface area (Å²) in [5, 5.41) is 8.84. The predicted molar refractivity (Wildman–Crippen MR) is 101 cm³/mol. The minimum Gasteiger partial charge on any atom is -0.307 e. The zero-order valence-electron chi connectivity index (χ0n) is 13.9. The molecule has 3 rings (SSSR count). The van der Waals surface area contributed by atoms with Gasteiger partial charge in [0.05, 0.1) is 16.4 Å². The van der Waals surface area contributed by atoms with Crippen LogP contribution in [0.3, 0.4) is 0 Å². The number of benzene rings is 2. The number of nitrogens with zero attached hydrogens (tertiary/aromatic N) is 1. The van der Waals surface area contributed by atoms with E-state index in [1.165, 1.54) is 0 Å². The second kappa shape index (κ2) is 6.84. The fourth-order valence-corrected chi connectivity index (χ4v) is 3.08. The average Bonchev–Trinajstić information content (AvgIpc) is 2.99. The van der Waals surface area contributed by atoms with Crippen LogP contribution in [0.5, 0.6) is 0 Å². The number of carbonyl (C=O) groups is 1. The normalized spacial score (nSPS) is 10.5. The van der Waals surface area contributed by atoms with Crippen molar-refractivity contribution in [3.8, 4) is 11.3 Å². The summed E-state index contributed by atoms with van der Waals surface area (Å²) in [7, 11) is 0. The highest BCUT2D eigenvalue weighted by Gasteiger charge is 2.11. The van der Waals surface area contributed by atoms with Gasteiger partial charge in [-0.2, -0.15) is 0 Å². The van der Waals surface area contributed by atoms with Crippen molar-refractivity contribution in [2.45, 2.75) is 20.8 Å². The summed E-state index contributed by atoms with van der Waals surface area (Å²) in [6, 6.07) is 13.3. The van der Waals surface area contributed by atoms with Crippen LogP contribution in [-0.2, 0) is 0 Å². The molecule has 1 heterocycles. The molecule has 0 aliphatic carbocycles. The van der Waals surface area contributed by atoms with Crippen LogP contribution in [-0.4, -0.2) is 11.0 Å². The molecule has 0 atom stereocenters. The number of aryl methyl sites for hydroxylation is 2. The van der Waals surface area contributed by atoms with E-state index in [0.717, 1.165) is 38.8 Å². The molecule has 0 saturated carbocycles. The standard InChI is InChI=1S/C19H19N3OS/c1-12-7-6-10-16(13(12)2)21-19(23)22-17-9-5-4-8-15(17)18-11-24-14(3)20-18/h4-11H,1-3H3,(H2,21,22,23). The van der Waals surface area contributed by atoms with Gasteiger partial charge in [0.25, 0.3) is 0 Å². The predicted octanol–water partition coefficient (Wildman–Crippen LogP) is 5.38. The lowest BCUT2D eigenvalue weighted by Crippen LogP contribution is -2.20. The van der Waals surface area contributed by atoms with E-state index >= 15 is 0 Å². The number of para-hydroxylation sites is 1. The van der Waals surface area contributed by atoms with Gasteiger partial charge in [-0.25, -0.2) is 9.78 Å². The first kappa shape index (κ1) is 16.2. The Balaban J connectivity index is 1.81. The van der Waals surface area contributed by atoms with Crippen molar-refractivity contribution >= 4 is 28.7 Å². The zero-order chi connectivity index (χ0) is 17.1. The number of thiazole rings is 1. The Labute approximate surface area is 145 Å². The molecule has 0 aliphatic heterocycles. The smallest absolute Gasteiger partial charge is 0.307 e. The first-order chi connectivity index (χ1) is 11.5. The number of urea groups is 1. The summed E-state index contributed by atoms with van der Waals surface area (Å²) in [6.45, 7) is 5.99. The largest absolute Gasteiger partial charge is 0.323 e.